The summed E-state index contributed by atoms with van der Waals surface area (Å²) in [5.41, 5.74) is 0. The van der Waals surface area contributed by atoms with E-state index in [2.05, 4.69) is 69.4 Å². The standard InChI is InChI=1S/C55H98O6/c1-4-7-10-13-16-19-21-23-25-27-28-30-31-33-36-39-42-45-48-54(57)60-51-52(50-59-53(56)47-44-41-38-35-18-15-12-9-6-3)61-55(58)49-46-43-40-37-34-32-29-26-24-22-20-17-14-11-8-5-2/h9,12,18,26,29,32,34-35,52H,4-8,10-11,13-17,19-25,27-28,30-31,33,36-51H2,1-3H3/b12-9-,29-26-,34-32-,35-18-. The highest BCUT2D eigenvalue weighted by molar-refractivity contribution is 5.71. The molecule has 0 bridgehead atoms. The molecular formula is C55H98O6. The van der Waals surface area contributed by atoms with Crippen LogP contribution in [0.1, 0.15) is 265 Å². The number of unbranched alkanes of at least 4 members (excludes halogenated alkanes) is 29. The maximum Gasteiger partial charge on any atom is 0.306 e. The minimum atomic E-state index is -0.796. The van der Waals surface area contributed by atoms with Crippen LogP contribution in [0, 0.1) is 0 Å². The Bertz CT molecular complexity index is 1070. The minimum Gasteiger partial charge on any atom is -0.462 e. The molecule has 1 unspecified atom stereocenters. The summed E-state index contributed by atoms with van der Waals surface area (Å²) in [6.07, 6.45) is 59.7. The first-order chi connectivity index (χ1) is 30.0. The molecule has 61 heavy (non-hydrogen) atoms. The zero-order valence-corrected chi connectivity index (χ0v) is 40.4. The largest absolute Gasteiger partial charge is 0.462 e. The highest BCUT2D eigenvalue weighted by atomic mass is 16.6. The summed E-state index contributed by atoms with van der Waals surface area (Å²) < 4.78 is 16.7. The number of hydrogen-bond donors (Lipinski definition) is 0. The van der Waals surface area contributed by atoms with Gasteiger partial charge in [-0.1, -0.05) is 223 Å². The smallest absolute Gasteiger partial charge is 0.306 e. The SMILES string of the molecule is CC/C=C\C/C=C\CCCCC(=O)OCC(COC(=O)CCCCCCCCCCCCCCCCCCCC)OC(=O)CCCCC/C=C\C=C/CCCCCCCCC. The minimum absolute atomic E-state index is 0.0918. The molecule has 0 aromatic carbocycles. The van der Waals surface area contributed by atoms with Crippen LogP contribution in [0.15, 0.2) is 48.6 Å². The highest BCUT2D eigenvalue weighted by Crippen LogP contribution is 2.16. The predicted octanol–water partition coefficient (Wildman–Crippen LogP) is 17.1. The predicted molar refractivity (Wildman–Crippen MR) is 261 cm³/mol. The molecule has 0 aliphatic heterocycles. The van der Waals surface area contributed by atoms with E-state index in [1.807, 2.05) is 0 Å². The van der Waals surface area contributed by atoms with E-state index in [1.54, 1.807) is 0 Å². The molecule has 354 valence electrons. The normalized spacial score (nSPS) is 12.4. The van der Waals surface area contributed by atoms with Gasteiger partial charge < -0.3 is 14.2 Å². The lowest BCUT2D eigenvalue weighted by atomic mass is 10.0. The maximum absolute atomic E-state index is 12.8. The van der Waals surface area contributed by atoms with Crippen LogP contribution in [-0.2, 0) is 28.6 Å². The average Bonchev–Trinajstić information content (AvgIpc) is 3.26. The van der Waals surface area contributed by atoms with Crippen LogP contribution in [0.2, 0.25) is 0 Å². The number of carbonyl (C=O) groups is 3. The van der Waals surface area contributed by atoms with Gasteiger partial charge in [-0.15, -0.1) is 0 Å². The zero-order chi connectivity index (χ0) is 44.4. The van der Waals surface area contributed by atoms with Crippen molar-refractivity contribution in [3.63, 3.8) is 0 Å². The molecule has 0 radical (unpaired) electrons. The molecule has 0 N–H and O–H groups in total. The first kappa shape index (κ1) is 58.4. The van der Waals surface area contributed by atoms with E-state index in [1.165, 1.54) is 141 Å². The van der Waals surface area contributed by atoms with E-state index < -0.39 is 6.10 Å². The van der Waals surface area contributed by atoms with E-state index in [-0.39, 0.29) is 31.1 Å². The second-order valence-corrected chi connectivity index (χ2v) is 17.4. The monoisotopic (exact) mass is 855 g/mol. The van der Waals surface area contributed by atoms with E-state index in [0.717, 1.165) is 83.5 Å². The van der Waals surface area contributed by atoms with Crippen molar-refractivity contribution in [1.82, 2.24) is 0 Å². The Morgan fingerprint density at radius 2 is 0.689 bits per heavy atom. The van der Waals surface area contributed by atoms with Crippen molar-refractivity contribution in [3.05, 3.63) is 48.6 Å². The van der Waals surface area contributed by atoms with Gasteiger partial charge in [0, 0.05) is 19.3 Å². The van der Waals surface area contributed by atoms with Crippen LogP contribution < -0.4 is 0 Å². The molecule has 0 aromatic rings. The molecule has 0 aromatic heterocycles. The van der Waals surface area contributed by atoms with Crippen molar-refractivity contribution in [2.45, 2.75) is 271 Å². The Morgan fingerprint density at radius 1 is 0.361 bits per heavy atom. The van der Waals surface area contributed by atoms with Gasteiger partial charge in [0.2, 0.25) is 0 Å². The Kier molecular flexibility index (Phi) is 47.9. The molecule has 0 fully saturated rings. The van der Waals surface area contributed by atoms with Crippen molar-refractivity contribution in [2.24, 2.45) is 0 Å². The van der Waals surface area contributed by atoms with E-state index >= 15 is 0 Å². The topological polar surface area (TPSA) is 78.9 Å². The molecule has 0 spiro atoms. The molecule has 0 saturated heterocycles. The summed E-state index contributed by atoms with van der Waals surface area (Å²) in [4.78, 5) is 37.9. The van der Waals surface area contributed by atoms with Crippen molar-refractivity contribution in [3.8, 4) is 0 Å². The van der Waals surface area contributed by atoms with Gasteiger partial charge in [-0.05, 0) is 70.6 Å². The third kappa shape index (κ3) is 48.3. The maximum atomic E-state index is 12.8. The second-order valence-electron chi connectivity index (χ2n) is 17.4. The highest BCUT2D eigenvalue weighted by Gasteiger charge is 2.19. The third-order valence-corrected chi connectivity index (χ3v) is 11.3. The van der Waals surface area contributed by atoms with Gasteiger partial charge in [0.1, 0.15) is 13.2 Å². The molecule has 6 nitrogen and oxygen atoms in total. The van der Waals surface area contributed by atoms with Crippen molar-refractivity contribution in [2.75, 3.05) is 13.2 Å². The molecule has 0 saturated carbocycles. The lowest BCUT2D eigenvalue weighted by Gasteiger charge is -2.18. The van der Waals surface area contributed by atoms with Crippen LogP contribution in [-0.4, -0.2) is 37.2 Å². The molecule has 0 heterocycles. The summed E-state index contributed by atoms with van der Waals surface area (Å²) in [6.45, 7) is 6.48. The molecule has 0 aliphatic carbocycles. The molecule has 1 atom stereocenters. The average molecular weight is 855 g/mol. The fraction of sp³-hybridized carbons (Fsp3) is 0.800. The summed E-state index contributed by atoms with van der Waals surface area (Å²) >= 11 is 0. The van der Waals surface area contributed by atoms with Crippen LogP contribution in [0.4, 0.5) is 0 Å². The zero-order valence-electron chi connectivity index (χ0n) is 40.4. The third-order valence-electron chi connectivity index (χ3n) is 11.3. The first-order valence-corrected chi connectivity index (χ1v) is 26.2. The van der Waals surface area contributed by atoms with E-state index in [0.29, 0.717) is 19.3 Å². The van der Waals surface area contributed by atoms with Crippen LogP contribution in [0.5, 0.6) is 0 Å². The van der Waals surface area contributed by atoms with Crippen molar-refractivity contribution in [1.29, 1.82) is 0 Å². The summed E-state index contributed by atoms with van der Waals surface area (Å²) in [5.74, 6) is -0.949. The number of carbonyl (C=O) groups excluding carboxylic acids is 3. The second kappa shape index (κ2) is 50.0. The van der Waals surface area contributed by atoms with Gasteiger partial charge in [0.05, 0.1) is 0 Å². The fourth-order valence-electron chi connectivity index (χ4n) is 7.41. The van der Waals surface area contributed by atoms with Gasteiger partial charge in [-0.3, -0.25) is 14.4 Å². The van der Waals surface area contributed by atoms with Gasteiger partial charge >= 0.3 is 17.9 Å². The Labute approximate surface area is 378 Å². The van der Waals surface area contributed by atoms with E-state index in [4.69, 9.17) is 14.2 Å². The van der Waals surface area contributed by atoms with Crippen molar-refractivity contribution >= 4 is 17.9 Å². The number of ether oxygens (including phenoxy) is 3. The fourth-order valence-corrected chi connectivity index (χ4v) is 7.41. The Morgan fingerprint density at radius 3 is 1.13 bits per heavy atom. The van der Waals surface area contributed by atoms with Gasteiger partial charge in [-0.2, -0.15) is 0 Å². The van der Waals surface area contributed by atoms with Gasteiger partial charge in [0.25, 0.3) is 0 Å². The number of allylic oxidation sites excluding steroid dienone is 8. The summed E-state index contributed by atoms with van der Waals surface area (Å²) in [7, 11) is 0. The van der Waals surface area contributed by atoms with Gasteiger partial charge in [-0.25, -0.2) is 0 Å². The van der Waals surface area contributed by atoms with Crippen molar-refractivity contribution < 1.29 is 28.6 Å². The first-order valence-electron chi connectivity index (χ1n) is 26.2. The Balaban J connectivity index is 4.33. The van der Waals surface area contributed by atoms with Crippen LogP contribution in [0.3, 0.4) is 0 Å². The lowest BCUT2D eigenvalue weighted by molar-refractivity contribution is -0.167. The quantitative estimate of drug-likeness (QED) is 0.0199. The number of hydrogen-bond acceptors (Lipinski definition) is 6. The van der Waals surface area contributed by atoms with Crippen LogP contribution >= 0.6 is 0 Å². The molecule has 0 aliphatic rings. The number of rotatable bonds is 47. The Hall–Kier alpha value is -2.63. The van der Waals surface area contributed by atoms with Gasteiger partial charge in [0.15, 0.2) is 6.10 Å². The summed E-state index contributed by atoms with van der Waals surface area (Å²) in [5, 5.41) is 0. The number of esters is 3. The molecular weight excluding hydrogens is 757 g/mol. The van der Waals surface area contributed by atoms with Crippen LogP contribution in [0.25, 0.3) is 0 Å². The van der Waals surface area contributed by atoms with E-state index in [9.17, 15) is 14.4 Å². The molecule has 0 amide bonds. The molecule has 0 rings (SSSR count). The summed E-state index contributed by atoms with van der Waals surface area (Å²) in [6, 6.07) is 0. The molecule has 6 heteroatoms. The lowest BCUT2D eigenvalue weighted by Crippen LogP contribution is -2.30.